The van der Waals surface area contributed by atoms with E-state index in [1.165, 1.54) is 10.0 Å². The molecule has 0 unspecified atom stereocenters. The number of hydrogen-bond donors (Lipinski definition) is 0. The first-order valence-corrected chi connectivity index (χ1v) is 6.04. The van der Waals surface area contributed by atoms with Gasteiger partial charge in [0.25, 0.3) is 0 Å². The third kappa shape index (κ3) is 3.01. The normalized spacial score (nSPS) is 16.4. The maximum atomic E-state index is 11.5. The molecule has 0 spiro atoms. The van der Waals surface area contributed by atoms with Crippen LogP contribution in [0, 0.1) is 0 Å². The maximum absolute atomic E-state index is 11.5. The fourth-order valence-corrected chi connectivity index (χ4v) is 1.92. The lowest BCUT2D eigenvalue weighted by Crippen LogP contribution is -2.45. The highest BCUT2D eigenvalue weighted by molar-refractivity contribution is 9.09. The van der Waals surface area contributed by atoms with Gasteiger partial charge in [0.1, 0.15) is 0 Å². The first-order chi connectivity index (χ1) is 7.60. The van der Waals surface area contributed by atoms with Crippen molar-refractivity contribution in [2.24, 2.45) is 0 Å². The SMILES string of the molecule is CCOC(=O)N1CC(Br)CN1C(=O)OCC. The number of halogens is 1. The summed E-state index contributed by atoms with van der Waals surface area (Å²) >= 11 is 3.36. The molecule has 7 heteroatoms. The minimum atomic E-state index is -0.530. The van der Waals surface area contributed by atoms with Crippen molar-refractivity contribution in [1.29, 1.82) is 0 Å². The molecule has 2 amide bonds. The second kappa shape index (κ2) is 5.93. The zero-order valence-corrected chi connectivity index (χ0v) is 10.9. The summed E-state index contributed by atoms with van der Waals surface area (Å²) in [6.07, 6.45) is -1.06. The predicted octanol–water partition coefficient (Wildman–Crippen LogP) is 1.60. The van der Waals surface area contributed by atoms with Gasteiger partial charge in [0, 0.05) is 0 Å². The zero-order chi connectivity index (χ0) is 12.1. The van der Waals surface area contributed by atoms with Crippen LogP contribution in [0.1, 0.15) is 13.8 Å². The quantitative estimate of drug-likeness (QED) is 0.726. The Morgan fingerprint density at radius 3 is 1.81 bits per heavy atom. The lowest BCUT2D eigenvalue weighted by atomic mass is 10.5. The first-order valence-electron chi connectivity index (χ1n) is 5.12. The summed E-state index contributed by atoms with van der Waals surface area (Å²) in [5.41, 5.74) is 0. The second-order valence-electron chi connectivity index (χ2n) is 3.16. The molecule has 0 aromatic rings. The average molecular weight is 295 g/mol. The van der Waals surface area contributed by atoms with Gasteiger partial charge >= 0.3 is 12.2 Å². The van der Waals surface area contributed by atoms with E-state index in [1.807, 2.05) is 0 Å². The van der Waals surface area contributed by atoms with E-state index in [2.05, 4.69) is 15.9 Å². The topological polar surface area (TPSA) is 59.1 Å². The molecule has 1 aliphatic rings. The number of rotatable bonds is 2. The van der Waals surface area contributed by atoms with Gasteiger partial charge < -0.3 is 9.47 Å². The number of amides is 2. The van der Waals surface area contributed by atoms with Crippen molar-refractivity contribution in [3.05, 3.63) is 0 Å². The summed E-state index contributed by atoms with van der Waals surface area (Å²) in [6.45, 7) is 4.79. The molecule has 1 heterocycles. The number of ether oxygens (including phenoxy) is 2. The average Bonchev–Trinajstić information content (AvgIpc) is 2.61. The molecule has 1 saturated heterocycles. The van der Waals surface area contributed by atoms with Crippen LogP contribution in [-0.4, -0.2) is 53.3 Å². The highest BCUT2D eigenvalue weighted by Crippen LogP contribution is 2.19. The number of hydrogen-bond acceptors (Lipinski definition) is 4. The molecule has 0 aliphatic carbocycles. The van der Waals surface area contributed by atoms with Crippen LogP contribution in [0.15, 0.2) is 0 Å². The number of hydrazine groups is 1. The van der Waals surface area contributed by atoms with E-state index in [1.54, 1.807) is 13.8 Å². The highest BCUT2D eigenvalue weighted by Gasteiger charge is 2.37. The molecule has 1 aliphatic heterocycles. The first kappa shape index (κ1) is 13.1. The van der Waals surface area contributed by atoms with Crippen molar-refractivity contribution in [2.45, 2.75) is 18.7 Å². The van der Waals surface area contributed by atoms with E-state index in [9.17, 15) is 9.59 Å². The van der Waals surface area contributed by atoms with Gasteiger partial charge in [-0.05, 0) is 13.8 Å². The number of nitrogens with zero attached hydrogens (tertiary/aromatic N) is 2. The summed E-state index contributed by atoms with van der Waals surface area (Å²) in [4.78, 5) is 23.1. The second-order valence-corrected chi connectivity index (χ2v) is 4.45. The fraction of sp³-hybridized carbons (Fsp3) is 0.778. The maximum Gasteiger partial charge on any atom is 0.428 e. The molecule has 0 N–H and O–H groups in total. The fourth-order valence-electron chi connectivity index (χ4n) is 1.37. The Morgan fingerprint density at radius 1 is 1.12 bits per heavy atom. The molecule has 0 aromatic carbocycles. The third-order valence-corrected chi connectivity index (χ3v) is 2.57. The van der Waals surface area contributed by atoms with Gasteiger partial charge in [0.2, 0.25) is 0 Å². The molecule has 16 heavy (non-hydrogen) atoms. The predicted molar refractivity (Wildman–Crippen MR) is 60.2 cm³/mol. The van der Waals surface area contributed by atoms with Gasteiger partial charge in [0.15, 0.2) is 0 Å². The highest BCUT2D eigenvalue weighted by atomic mass is 79.9. The van der Waals surface area contributed by atoms with E-state index in [0.717, 1.165) is 0 Å². The van der Waals surface area contributed by atoms with Crippen LogP contribution in [0.3, 0.4) is 0 Å². The smallest absolute Gasteiger partial charge is 0.428 e. The van der Waals surface area contributed by atoms with Gasteiger partial charge in [-0.15, -0.1) is 0 Å². The molecule has 0 radical (unpaired) electrons. The van der Waals surface area contributed by atoms with E-state index >= 15 is 0 Å². The van der Waals surface area contributed by atoms with Crippen LogP contribution < -0.4 is 0 Å². The number of carbonyl (C=O) groups excluding carboxylic acids is 2. The van der Waals surface area contributed by atoms with Crippen LogP contribution in [0.4, 0.5) is 9.59 Å². The largest absolute Gasteiger partial charge is 0.448 e. The Labute approximate surface area is 103 Å². The van der Waals surface area contributed by atoms with E-state index in [0.29, 0.717) is 13.1 Å². The molecule has 0 bridgehead atoms. The summed E-state index contributed by atoms with van der Waals surface area (Å²) in [5.74, 6) is 0. The Hall–Kier alpha value is -0.980. The monoisotopic (exact) mass is 294 g/mol. The van der Waals surface area contributed by atoms with E-state index < -0.39 is 12.2 Å². The van der Waals surface area contributed by atoms with Gasteiger partial charge in [-0.3, -0.25) is 0 Å². The van der Waals surface area contributed by atoms with Crippen molar-refractivity contribution in [1.82, 2.24) is 10.0 Å². The van der Waals surface area contributed by atoms with Crippen LogP contribution >= 0.6 is 15.9 Å². The Morgan fingerprint density at radius 2 is 1.50 bits per heavy atom. The van der Waals surface area contributed by atoms with Gasteiger partial charge in [0.05, 0.1) is 31.1 Å². The van der Waals surface area contributed by atoms with Crippen LogP contribution in [0.2, 0.25) is 0 Å². The van der Waals surface area contributed by atoms with E-state index in [-0.39, 0.29) is 18.0 Å². The van der Waals surface area contributed by atoms with Crippen molar-refractivity contribution in [3.63, 3.8) is 0 Å². The van der Waals surface area contributed by atoms with Crippen LogP contribution in [0.5, 0.6) is 0 Å². The molecular weight excluding hydrogens is 280 g/mol. The molecule has 92 valence electrons. The molecule has 1 rings (SSSR count). The van der Waals surface area contributed by atoms with Crippen LogP contribution in [0.25, 0.3) is 0 Å². The third-order valence-electron chi connectivity index (χ3n) is 1.99. The van der Waals surface area contributed by atoms with Crippen molar-refractivity contribution in [3.8, 4) is 0 Å². The minimum Gasteiger partial charge on any atom is -0.448 e. The molecule has 1 fully saturated rings. The molecule has 0 saturated carbocycles. The van der Waals surface area contributed by atoms with Crippen molar-refractivity contribution in [2.75, 3.05) is 26.3 Å². The zero-order valence-electron chi connectivity index (χ0n) is 9.31. The standard InChI is InChI=1S/C9H15BrN2O4/c1-3-15-8(13)11-5-7(10)6-12(11)9(14)16-4-2/h7H,3-6H2,1-2H3. The Bertz CT molecular complexity index is 248. The summed E-state index contributed by atoms with van der Waals surface area (Å²) in [5, 5.41) is 2.50. The summed E-state index contributed by atoms with van der Waals surface area (Å²) in [7, 11) is 0. The number of carbonyl (C=O) groups is 2. The van der Waals surface area contributed by atoms with Gasteiger partial charge in [-0.25, -0.2) is 19.6 Å². The van der Waals surface area contributed by atoms with E-state index in [4.69, 9.17) is 9.47 Å². The lowest BCUT2D eigenvalue weighted by molar-refractivity contribution is 0.00922. The van der Waals surface area contributed by atoms with Crippen LogP contribution in [-0.2, 0) is 9.47 Å². The molecular formula is C9H15BrN2O4. The Kier molecular flexibility index (Phi) is 4.85. The van der Waals surface area contributed by atoms with Crippen molar-refractivity contribution >= 4 is 28.1 Å². The van der Waals surface area contributed by atoms with Gasteiger partial charge in [-0.2, -0.15) is 0 Å². The Balaban J connectivity index is 2.66. The number of alkyl halides is 1. The lowest BCUT2D eigenvalue weighted by Gasteiger charge is -2.25. The molecule has 0 atom stereocenters. The molecule has 6 nitrogen and oxygen atoms in total. The molecule has 0 aromatic heterocycles. The van der Waals surface area contributed by atoms with Crippen molar-refractivity contribution < 1.29 is 19.1 Å². The summed E-state index contributed by atoms with van der Waals surface area (Å²) < 4.78 is 9.70. The minimum absolute atomic E-state index is 0.0429. The van der Waals surface area contributed by atoms with Gasteiger partial charge in [-0.1, -0.05) is 15.9 Å². The summed E-state index contributed by atoms with van der Waals surface area (Å²) in [6, 6.07) is 0.